The molecule has 0 radical (unpaired) electrons. The highest BCUT2D eigenvalue weighted by atomic mass is 16.5. The van der Waals surface area contributed by atoms with Gasteiger partial charge < -0.3 is 20.1 Å². The maximum Gasteiger partial charge on any atom is 0.302 e. The van der Waals surface area contributed by atoms with Gasteiger partial charge in [0.15, 0.2) is 11.5 Å². The van der Waals surface area contributed by atoms with E-state index < -0.39 is 57.5 Å². The van der Waals surface area contributed by atoms with Crippen molar-refractivity contribution in [2.45, 2.75) is 65.2 Å². The number of fused-ring (bicyclic) bond motifs is 3. The Bertz CT molecular complexity index is 914. The number of rotatable bonds is 3. The smallest absolute Gasteiger partial charge is 0.302 e. The summed E-state index contributed by atoms with van der Waals surface area (Å²) in [5.41, 5.74) is -1.57. The molecule has 1 fully saturated rings. The van der Waals surface area contributed by atoms with Crippen molar-refractivity contribution in [2.75, 3.05) is 6.61 Å². The quantitative estimate of drug-likeness (QED) is 0.306. The first-order valence-corrected chi connectivity index (χ1v) is 9.87. The third-order valence-electron chi connectivity index (χ3n) is 6.71. The Labute approximate surface area is 169 Å². The number of esters is 1. The van der Waals surface area contributed by atoms with Gasteiger partial charge in [-0.2, -0.15) is 0 Å². The fraction of sp³-hybridized carbons (Fsp3) is 0.591. The fourth-order valence-electron chi connectivity index (χ4n) is 5.53. The zero-order chi connectivity index (χ0) is 21.9. The van der Waals surface area contributed by atoms with Crippen LogP contribution in [0.15, 0.2) is 0 Å². The van der Waals surface area contributed by atoms with Gasteiger partial charge in [0, 0.05) is 35.3 Å². The Morgan fingerprint density at radius 2 is 1.72 bits per heavy atom. The molecule has 29 heavy (non-hydrogen) atoms. The summed E-state index contributed by atoms with van der Waals surface area (Å²) in [5.74, 6) is -4.90. The van der Waals surface area contributed by atoms with Gasteiger partial charge in [-0.15, -0.1) is 0 Å². The van der Waals surface area contributed by atoms with Crippen LogP contribution in [0.1, 0.15) is 81.3 Å². The monoisotopic (exact) mass is 404 g/mol. The van der Waals surface area contributed by atoms with E-state index in [9.17, 15) is 29.7 Å². The summed E-state index contributed by atoms with van der Waals surface area (Å²) in [6, 6.07) is 0. The lowest BCUT2D eigenvalue weighted by Gasteiger charge is -2.52. The Morgan fingerprint density at radius 3 is 2.31 bits per heavy atom. The molecule has 0 aliphatic heterocycles. The van der Waals surface area contributed by atoms with Crippen molar-refractivity contribution < 1.29 is 34.4 Å². The van der Waals surface area contributed by atoms with E-state index in [2.05, 4.69) is 0 Å². The molecule has 1 aromatic rings. The molecule has 0 heterocycles. The van der Waals surface area contributed by atoms with Gasteiger partial charge in [0.25, 0.3) is 0 Å². The van der Waals surface area contributed by atoms with E-state index in [1.165, 1.54) is 6.92 Å². The maximum atomic E-state index is 13.1. The van der Waals surface area contributed by atoms with E-state index in [1.54, 1.807) is 6.92 Å². The van der Waals surface area contributed by atoms with Crippen LogP contribution in [0.25, 0.3) is 0 Å². The maximum absolute atomic E-state index is 13.1. The molecule has 158 valence electrons. The minimum atomic E-state index is -0.890. The Morgan fingerprint density at radius 1 is 1.10 bits per heavy atom. The van der Waals surface area contributed by atoms with Crippen LogP contribution in [-0.2, 0) is 19.7 Å². The van der Waals surface area contributed by atoms with Gasteiger partial charge in [-0.1, -0.05) is 34.1 Å². The average molecular weight is 404 g/mol. The molecule has 3 atom stereocenters. The Balaban J connectivity index is 2.27. The predicted octanol–water partition coefficient (Wildman–Crippen LogP) is 3.32. The summed E-state index contributed by atoms with van der Waals surface area (Å²) in [6.07, 6.45) is 2.09. The molecule has 1 aromatic carbocycles. The molecule has 0 aromatic heterocycles. The van der Waals surface area contributed by atoms with Gasteiger partial charge in [0.1, 0.15) is 5.75 Å². The highest BCUT2D eigenvalue weighted by molar-refractivity contribution is 6.47. The highest BCUT2D eigenvalue weighted by Gasteiger charge is 2.59. The van der Waals surface area contributed by atoms with Crippen molar-refractivity contribution in [3.05, 3.63) is 16.7 Å². The molecular formula is C22H28O7. The second-order valence-electron chi connectivity index (χ2n) is 9.30. The van der Waals surface area contributed by atoms with Crippen molar-refractivity contribution in [1.29, 1.82) is 0 Å². The van der Waals surface area contributed by atoms with E-state index in [4.69, 9.17) is 4.74 Å². The molecule has 3 rings (SSSR count). The number of aromatic hydroxyl groups is 3. The Hall–Kier alpha value is -2.57. The average Bonchev–Trinajstić information content (AvgIpc) is 2.60. The number of phenolic OH excluding ortho intramolecular Hbond substituents is 3. The van der Waals surface area contributed by atoms with Crippen LogP contribution in [0.5, 0.6) is 17.2 Å². The second kappa shape index (κ2) is 6.75. The minimum absolute atomic E-state index is 0.110. The van der Waals surface area contributed by atoms with Crippen LogP contribution in [0.3, 0.4) is 0 Å². The fourth-order valence-corrected chi connectivity index (χ4v) is 5.53. The molecule has 2 aliphatic carbocycles. The number of benzene rings is 1. The molecule has 3 unspecified atom stereocenters. The largest absolute Gasteiger partial charge is 0.507 e. The van der Waals surface area contributed by atoms with Crippen LogP contribution in [0.4, 0.5) is 0 Å². The highest BCUT2D eigenvalue weighted by Crippen LogP contribution is 2.61. The van der Waals surface area contributed by atoms with Gasteiger partial charge in [-0.3, -0.25) is 14.4 Å². The molecular weight excluding hydrogens is 376 g/mol. The van der Waals surface area contributed by atoms with E-state index in [1.807, 2.05) is 20.8 Å². The van der Waals surface area contributed by atoms with Gasteiger partial charge in [-0.25, -0.2) is 0 Å². The van der Waals surface area contributed by atoms with Crippen molar-refractivity contribution in [3.63, 3.8) is 0 Å². The standard InChI is InChI=1S/C22H28O7/c1-10(9-29-11(2)23)12-15(24)13-14(18(27)16(12)25)22(5)8-6-7-21(3,4)20(22)19(28)17(13)26/h10,20,24-25,27H,6-9H2,1-5H3. The number of carbonyl (C=O) groups excluding carboxylic acids is 3. The summed E-state index contributed by atoms with van der Waals surface area (Å²) in [7, 11) is 0. The lowest BCUT2D eigenvalue weighted by atomic mass is 9.49. The van der Waals surface area contributed by atoms with Gasteiger partial charge >= 0.3 is 5.97 Å². The van der Waals surface area contributed by atoms with Crippen LogP contribution >= 0.6 is 0 Å². The van der Waals surface area contributed by atoms with E-state index in [-0.39, 0.29) is 23.3 Å². The van der Waals surface area contributed by atoms with Crippen LogP contribution < -0.4 is 0 Å². The summed E-state index contributed by atoms with van der Waals surface area (Å²) >= 11 is 0. The second-order valence-corrected chi connectivity index (χ2v) is 9.30. The number of ether oxygens (including phenoxy) is 1. The lowest BCUT2D eigenvalue weighted by molar-refractivity contribution is -0.141. The molecule has 0 bridgehead atoms. The zero-order valence-corrected chi connectivity index (χ0v) is 17.5. The van der Waals surface area contributed by atoms with Crippen LogP contribution in [0, 0.1) is 11.3 Å². The molecule has 2 aliphatic rings. The third kappa shape index (κ3) is 2.98. The first-order valence-electron chi connectivity index (χ1n) is 9.87. The molecule has 7 nitrogen and oxygen atoms in total. The molecule has 0 saturated heterocycles. The molecule has 1 saturated carbocycles. The number of hydrogen-bond donors (Lipinski definition) is 3. The lowest BCUT2D eigenvalue weighted by Crippen LogP contribution is -2.54. The minimum Gasteiger partial charge on any atom is -0.507 e. The Kier molecular flexibility index (Phi) is 4.92. The zero-order valence-electron chi connectivity index (χ0n) is 17.5. The number of ketones is 2. The van der Waals surface area contributed by atoms with Crippen LogP contribution in [0.2, 0.25) is 0 Å². The topological polar surface area (TPSA) is 121 Å². The van der Waals surface area contributed by atoms with Crippen molar-refractivity contribution in [1.82, 2.24) is 0 Å². The molecule has 3 N–H and O–H groups in total. The van der Waals surface area contributed by atoms with Gasteiger partial charge in [0.05, 0.1) is 12.2 Å². The SMILES string of the molecule is CC(=O)OCC(C)c1c(O)c(O)c2c(c1O)C(=O)C(=O)C1C(C)(C)CCCC21C. The van der Waals surface area contributed by atoms with Crippen molar-refractivity contribution in [2.24, 2.45) is 11.3 Å². The van der Waals surface area contributed by atoms with Gasteiger partial charge in [0.2, 0.25) is 11.6 Å². The van der Waals surface area contributed by atoms with E-state index in [0.717, 1.165) is 12.8 Å². The van der Waals surface area contributed by atoms with Crippen molar-refractivity contribution in [3.8, 4) is 17.2 Å². The van der Waals surface area contributed by atoms with E-state index in [0.29, 0.717) is 6.42 Å². The number of hydrogen-bond acceptors (Lipinski definition) is 7. The normalized spacial score (nSPS) is 26.4. The number of phenols is 3. The van der Waals surface area contributed by atoms with Gasteiger partial charge in [-0.05, 0) is 18.3 Å². The molecule has 0 amide bonds. The number of Topliss-reactive ketones (excluding diaryl/α,β-unsaturated/α-hetero) is 2. The predicted molar refractivity (Wildman–Crippen MR) is 104 cm³/mol. The summed E-state index contributed by atoms with van der Waals surface area (Å²) < 4.78 is 4.94. The first-order chi connectivity index (χ1) is 13.3. The summed E-state index contributed by atoms with van der Waals surface area (Å²) in [4.78, 5) is 37.3. The first kappa shape index (κ1) is 21.1. The summed E-state index contributed by atoms with van der Waals surface area (Å²) in [6.45, 7) is 8.30. The third-order valence-corrected chi connectivity index (χ3v) is 6.71. The summed E-state index contributed by atoms with van der Waals surface area (Å²) in [5, 5.41) is 32.5. The van der Waals surface area contributed by atoms with E-state index >= 15 is 0 Å². The molecule has 0 spiro atoms. The van der Waals surface area contributed by atoms with Crippen LogP contribution in [-0.4, -0.2) is 39.5 Å². The molecule has 7 heteroatoms. The number of carbonyl (C=O) groups is 3. The van der Waals surface area contributed by atoms with Crippen molar-refractivity contribution >= 4 is 17.5 Å².